The van der Waals surface area contributed by atoms with Crippen molar-refractivity contribution in [3.05, 3.63) is 29.3 Å². The minimum atomic E-state index is -4.41. The smallest absolute Gasteiger partial charge is 0.416 e. The predicted octanol–water partition coefficient (Wildman–Crippen LogP) is 2.73. The quantitative estimate of drug-likeness (QED) is 0.830. The average molecular weight is 219 g/mol. The number of ether oxygens (including phenoxy) is 1. The molecule has 1 aromatic carbocycles. The van der Waals surface area contributed by atoms with E-state index in [4.69, 9.17) is 10.5 Å². The van der Waals surface area contributed by atoms with Crippen molar-refractivity contribution < 1.29 is 17.9 Å². The van der Waals surface area contributed by atoms with Crippen molar-refractivity contribution >= 4 is 0 Å². The molecule has 2 N–H and O–H groups in total. The van der Waals surface area contributed by atoms with Crippen LogP contribution in [0.5, 0.6) is 5.75 Å². The first-order valence-corrected chi connectivity index (χ1v) is 4.37. The van der Waals surface area contributed by atoms with Gasteiger partial charge in [-0.05, 0) is 24.6 Å². The van der Waals surface area contributed by atoms with E-state index in [0.717, 1.165) is 6.07 Å². The second-order valence-electron chi connectivity index (χ2n) is 3.24. The summed E-state index contributed by atoms with van der Waals surface area (Å²) in [7, 11) is 1.32. The Hall–Kier alpha value is -1.23. The molecule has 15 heavy (non-hydrogen) atoms. The van der Waals surface area contributed by atoms with Gasteiger partial charge in [0.1, 0.15) is 5.75 Å². The first kappa shape index (κ1) is 11.8. The number of nitrogens with two attached hydrogens (primary N) is 1. The molecule has 0 radical (unpaired) electrons. The number of hydrogen-bond donors (Lipinski definition) is 1. The van der Waals surface area contributed by atoms with E-state index in [2.05, 4.69) is 0 Å². The Morgan fingerprint density at radius 2 is 1.93 bits per heavy atom. The third kappa shape index (κ3) is 2.62. The number of benzene rings is 1. The number of alkyl halides is 3. The van der Waals surface area contributed by atoms with Crippen molar-refractivity contribution in [1.29, 1.82) is 0 Å². The molecule has 0 aliphatic heterocycles. The molecule has 0 aromatic heterocycles. The molecule has 0 fully saturated rings. The van der Waals surface area contributed by atoms with E-state index in [9.17, 15) is 13.2 Å². The topological polar surface area (TPSA) is 35.2 Å². The van der Waals surface area contributed by atoms with E-state index >= 15 is 0 Å². The molecule has 0 heterocycles. The summed E-state index contributed by atoms with van der Waals surface area (Å²) in [5.41, 5.74) is 4.80. The molecule has 1 aromatic rings. The van der Waals surface area contributed by atoms with E-state index in [-0.39, 0.29) is 11.3 Å². The first-order chi connectivity index (χ1) is 6.86. The molecule has 1 atom stereocenters. The van der Waals surface area contributed by atoms with E-state index < -0.39 is 17.8 Å². The maximum absolute atomic E-state index is 12.6. The van der Waals surface area contributed by atoms with Gasteiger partial charge < -0.3 is 10.5 Å². The standard InChI is InChI=1S/C10H12F3NO/c1-6(14)8-4-3-7(15-2)5-9(8)10(11,12)13/h3-6H,14H2,1-2H3/t6-/m1/s1. The minimum absolute atomic E-state index is 0.0725. The van der Waals surface area contributed by atoms with Gasteiger partial charge >= 0.3 is 6.18 Å². The van der Waals surface area contributed by atoms with E-state index in [1.165, 1.54) is 26.2 Å². The Kier molecular flexibility index (Phi) is 3.24. The van der Waals surface area contributed by atoms with Crippen molar-refractivity contribution in [3.8, 4) is 5.75 Å². The molecule has 5 heteroatoms. The van der Waals surface area contributed by atoms with Crippen LogP contribution in [0.15, 0.2) is 18.2 Å². The van der Waals surface area contributed by atoms with Crippen molar-refractivity contribution in [1.82, 2.24) is 0 Å². The van der Waals surface area contributed by atoms with Gasteiger partial charge in [-0.25, -0.2) is 0 Å². The highest BCUT2D eigenvalue weighted by molar-refractivity contribution is 5.38. The van der Waals surface area contributed by atoms with Crippen LogP contribution in [0.1, 0.15) is 24.1 Å². The van der Waals surface area contributed by atoms with Crippen LogP contribution < -0.4 is 10.5 Å². The molecule has 0 aliphatic carbocycles. The van der Waals surface area contributed by atoms with Crippen LogP contribution >= 0.6 is 0 Å². The fourth-order valence-electron chi connectivity index (χ4n) is 1.30. The van der Waals surface area contributed by atoms with Crippen molar-refractivity contribution in [2.45, 2.75) is 19.1 Å². The largest absolute Gasteiger partial charge is 0.497 e. The Bertz CT molecular complexity index is 347. The molecular formula is C10H12F3NO. The van der Waals surface area contributed by atoms with E-state index in [1.54, 1.807) is 0 Å². The first-order valence-electron chi connectivity index (χ1n) is 4.37. The number of methoxy groups -OCH3 is 1. The van der Waals surface area contributed by atoms with Gasteiger partial charge in [0, 0.05) is 6.04 Å². The Morgan fingerprint density at radius 3 is 2.33 bits per heavy atom. The highest BCUT2D eigenvalue weighted by atomic mass is 19.4. The highest BCUT2D eigenvalue weighted by Crippen LogP contribution is 2.36. The number of hydrogen-bond acceptors (Lipinski definition) is 2. The zero-order valence-corrected chi connectivity index (χ0v) is 8.43. The third-order valence-corrected chi connectivity index (χ3v) is 2.06. The molecule has 1 rings (SSSR count). The lowest BCUT2D eigenvalue weighted by Crippen LogP contribution is -2.15. The van der Waals surface area contributed by atoms with Crippen LogP contribution in [0, 0.1) is 0 Å². The van der Waals surface area contributed by atoms with Crippen LogP contribution in [-0.2, 0) is 6.18 Å². The van der Waals surface area contributed by atoms with Gasteiger partial charge in [0.15, 0.2) is 0 Å². The Labute approximate surface area is 85.8 Å². The zero-order valence-electron chi connectivity index (χ0n) is 8.43. The van der Waals surface area contributed by atoms with Crippen molar-refractivity contribution in [2.24, 2.45) is 5.73 Å². The van der Waals surface area contributed by atoms with Crippen molar-refractivity contribution in [2.75, 3.05) is 7.11 Å². The van der Waals surface area contributed by atoms with Crippen LogP contribution in [0.4, 0.5) is 13.2 Å². The molecule has 0 unspecified atom stereocenters. The van der Waals surface area contributed by atoms with Gasteiger partial charge in [-0.15, -0.1) is 0 Å². The van der Waals surface area contributed by atoms with Crippen molar-refractivity contribution in [3.63, 3.8) is 0 Å². The van der Waals surface area contributed by atoms with Crippen LogP contribution in [-0.4, -0.2) is 7.11 Å². The summed E-state index contributed by atoms with van der Waals surface area (Å²) in [6.45, 7) is 1.51. The Balaban J connectivity index is 3.29. The normalized spacial score (nSPS) is 13.7. The summed E-state index contributed by atoms with van der Waals surface area (Å²) in [4.78, 5) is 0. The molecule has 2 nitrogen and oxygen atoms in total. The Morgan fingerprint density at radius 1 is 1.33 bits per heavy atom. The number of halogens is 3. The van der Waals surface area contributed by atoms with Gasteiger partial charge in [0.25, 0.3) is 0 Å². The lowest BCUT2D eigenvalue weighted by atomic mass is 10.0. The SMILES string of the molecule is COc1ccc([C@@H](C)N)c(C(F)(F)F)c1. The lowest BCUT2D eigenvalue weighted by molar-refractivity contribution is -0.138. The molecule has 84 valence electrons. The summed E-state index contributed by atoms with van der Waals surface area (Å²) in [6.07, 6.45) is -4.41. The summed E-state index contributed by atoms with van der Waals surface area (Å²) in [5, 5.41) is 0. The maximum Gasteiger partial charge on any atom is 0.416 e. The lowest BCUT2D eigenvalue weighted by Gasteiger charge is -2.16. The molecule has 0 spiro atoms. The van der Waals surface area contributed by atoms with Crippen LogP contribution in [0.3, 0.4) is 0 Å². The fraction of sp³-hybridized carbons (Fsp3) is 0.400. The molecule has 0 amide bonds. The third-order valence-electron chi connectivity index (χ3n) is 2.06. The van der Waals surface area contributed by atoms with Gasteiger partial charge in [0.2, 0.25) is 0 Å². The van der Waals surface area contributed by atoms with Gasteiger partial charge in [-0.2, -0.15) is 13.2 Å². The summed E-state index contributed by atoms with van der Waals surface area (Å²) < 4.78 is 42.6. The molecular weight excluding hydrogens is 207 g/mol. The highest BCUT2D eigenvalue weighted by Gasteiger charge is 2.34. The van der Waals surface area contributed by atoms with Gasteiger partial charge in [0.05, 0.1) is 12.7 Å². The number of rotatable bonds is 2. The van der Waals surface area contributed by atoms with Crippen LogP contribution in [0.25, 0.3) is 0 Å². The molecule has 0 aliphatic rings. The minimum Gasteiger partial charge on any atom is -0.497 e. The molecule has 0 bridgehead atoms. The van der Waals surface area contributed by atoms with Gasteiger partial charge in [-0.1, -0.05) is 6.07 Å². The molecule has 0 saturated carbocycles. The monoisotopic (exact) mass is 219 g/mol. The summed E-state index contributed by atoms with van der Waals surface area (Å²) in [6, 6.07) is 3.10. The van der Waals surface area contributed by atoms with E-state index in [0.29, 0.717) is 0 Å². The second-order valence-corrected chi connectivity index (χ2v) is 3.24. The zero-order chi connectivity index (χ0) is 11.6. The summed E-state index contributed by atoms with van der Waals surface area (Å²) in [5.74, 6) is 0.173. The van der Waals surface area contributed by atoms with E-state index in [1.807, 2.05) is 0 Å². The van der Waals surface area contributed by atoms with Crippen LogP contribution in [0.2, 0.25) is 0 Å². The van der Waals surface area contributed by atoms with Gasteiger partial charge in [-0.3, -0.25) is 0 Å². The molecule has 0 saturated heterocycles. The summed E-state index contributed by atoms with van der Waals surface area (Å²) >= 11 is 0. The second kappa shape index (κ2) is 4.10. The maximum atomic E-state index is 12.6. The fourth-order valence-corrected chi connectivity index (χ4v) is 1.30. The predicted molar refractivity (Wildman–Crippen MR) is 50.6 cm³/mol. The average Bonchev–Trinajstić information content (AvgIpc) is 2.15.